The molecule has 0 aromatic heterocycles. The Kier molecular flexibility index (Phi) is 5.49. The molecule has 1 aliphatic carbocycles. The van der Waals surface area contributed by atoms with Crippen LogP contribution in [0.1, 0.15) is 12.8 Å². The summed E-state index contributed by atoms with van der Waals surface area (Å²) < 4.78 is 54.7. The van der Waals surface area contributed by atoms with Gasteiger partial charge in [0.2, 0.25) is 10.0 Å². The van der Waals surface area contributed by atoms with Crippen molar-refractivity contribution < 1.29 is 21.9 Å². The lowest BCUT2D eigenvalue weighted by Gasteiger charge is -2.09. The first-order valence-corrected chi connectivity index (χ1v) is 8.20. The molecule has 118 valence electrons. The second-order valence-electron chi connectivity index (χ2n) is 4.79. The number of sulfonamides is 1. The molecule has 0 heterocycles. The topological polar surface area (TPSA) is 67.4 Å². The maximum absolute atomic E-state index is 12.0. The molecule has 1 aromatic carbocycles. The second kappa shape index (κ2) is 7.15. The van der Waals surface area contributed by atoms with Gasteiger partial charge in [-0.2, -0.15) is 0 Å². The maximum Gasteiger partial charge on any atom is 0.251 e. The highest BCUT2D eigenvalue weighted by atomic mass is 32.2. The first-order valence-electron chi connectivity index (χ1n) is 6.71. The number of nitrogens with one attached hydrogen (secondary N) is 2. The summed E-state index contributed by atoms with van der Waals surface area (Å²) in [6.45, 7) is 0.334. The van der Waals surface area contributed by atoms with Crippen molar-refractivity contribution >= 4 is 10.0 Å². The first-order chi connectivity index (χ1) is 9.97. The Morgan fingerprint density at radius 1 is 1.24 bits per heavy atom. The number of alkyl halides is 2. The van der Waals surface area contributed by atoms with Gasteiger partial charge < -0.3 is 10.1 Å². The van der Waals surface area contributed by atoms with E-state index in [9.17, 15) is 17.2 Å². The lowest BCUT2D eigenvalue weighted by atomic mass is 10.3. The van der Waals surface area contributed by atoms with E-state index in [1.807, 2.05) is 4.72 Å². The molecule has 1 aromatic rings. The largest absolute Gasteiger partial charge is 0.492 e. The van der Waals surface area contributed by atoms with Crippen LogP contribution in [0.15, 0.2) is 29.2 Å². The van der Waals surface area contributed by atoms with E-state index < -0.39 is 23.0 Å². The van der Waals surface area contributed by atoms with E-state index in [1.165, 1.54) is 37.1 Å². The molecule has 8 heteroatoms. The van der Waals surface area contributed by atoms with E-state index in [-0.39, 0.29) is 4.90 Å². The van der Waals surface area contributed by atoms with E-state index in [0.717, 1.165) is 6.54 Å². The Labute approximate surface area is 122 Å². The van der Waals surface area contributed by atoms with Crippen molar-refractivity contribution in [2.75, 3.05) is 19.7 Å². The average molecular weight is 320 g/mol. The van der Waals surface area contributed by atoms with Gasteiger partial charge in [0.05, 0.1) is 11.4 Å². The van der Waals surface area contributed by atoms with Crippen LogP contribution in [0.4, 0.5) is 8.78 Å². The molecule has 1 saturated carbocycles. The van der Waals surface area contributed by atoms with Gasteiger partial charge in [-0.1, -0.05) is 0 Å². The SMILES string of the molecule is O=S(=O)(NCC(F)F)c1ccc(OCCNC2CC2)cc1. The molecule has 2 N–H and O–H groups in total. The summed E-state index contributed by atoms with van der Waals surface area (Å²) in [6, 6.07) is 6.29. The van der Waals surface area contributed by atoms with Gasteiger partial charge in [-0.3, -0.25) is 0 Å². The van der Waals surface area contributed by atoms with E-state index in [4.69, 9.17) is 4.74 Å². The van der Waals surface area contributed by atoms with Crippen LogP contribution in [0, 0.1) is 0 Å². The van der Waals surface area contributed by atoms with Gasteiger partial charge in [0.25, 0.3) is 6.43 Å². The van der Waals surface area contributed by atoms with Crippen molar-refractivity contribution in [1.29, 1.82) is 0 Å². The van der Waals surface area contributed by atoms with Gasteiger partial charge in [0.15, 0.2) is 0 Å². The van der Waals surface area contributed by atoms with Gasteiger partial charge in [0, 0.05) is 12.6 Å². The molecule has 0 saturated heterocycles. The summed E-state index contributed by atoms with van der Waals surface area (Å²) in [6.07, 6.45) is -0.308. The van der Waals surface area contributed by atoms with Crippen molar-refractivity contribution in [2.24, 2.45) is 0 Å². The third-order valence-corrected chi connectivity index (χ3v) is 4.38. The van der Waals surface area contributed by atoms with Crippen molar-refractivity contribution in [3.05, 3.63) is 24.3 Å². The van der Waals surface area contributed by atoms with Crippen molar-refractivity contribution in [3.63, 3.8) is 0 Å². The Morgan fingerprint density at radius 2 is 1.90 bits per heavy atom. The minimum Gasteiger partial charge on any atom is -0.492 e. The van der Waals surface area contributed by atoms with Crippen LogP contribution in [-0.4, -0.2) is 40.6 Å². The van der Waals surface area contributed by atoms with Crippen molar-refractivity contribution in [3.8, 4) is 5.75 Å². The summed E-state index contributed by atoms with van der Waals surface area (Å²) in [5.41, 5.74) is 0. The molecule has 0 radical (unpaired) electrons. The lowest BCUT2D eigenvalue weighted by Crippen LogP contribution is -2.28. The minimum atomic E-state index is -3.90. The van der Waals surface area contributed by atoms with Crippen LogP contribution in [0.25, 0.3) is 0 Å². The summed E-state index contributed by atoms with van der Waals surface area (Å²) in [4.78, 5) is -0.0633. The van der Waals surface area contributed by atoms with E-state index in [0.29, 0.717) is 18.4 Å². The highest BCUT2D eigenvalue weighted by Gasteiger charge is 2.19. The van der Waals surface area contributed by atoms with Crippen LogP contribution < -0.4 is 14.8 Å². The molecule has 0 bridgehead atoms. The second-order valence-corrected chi connectivity index (χ2v) is 6.56. The standard InChI is InChI=1S/C13H18F2N2O3S/c14-13(15)9-17-21(18,19)12-5-3-11(4-6-12)20-8-7-16-10-1-2-10/h3-6,10,13,16-17H,1-2,7-9H2. The van der Waals surface area contributed by atoms with Crippen LogP contribution in [-0.2, 0) is 10.0 Å². The summed E-state index contributed by atoms with van der Waals surface area (Å²) in [7, 11) is -3.90. The van der Waals surface area contributed by atoms with Gasteiger partial charge in [-0.05, 0) is 37.1 Å². The summed E-state index contributed by atoms with van der Waals surface area (Å²) >= 11 is 0. The fraction of sp³-hybridized carbons (Fsp3) is 0.538. The number of ether oxygens (including phenoxy) is 1. The lowest BCUT2D eigenvalue weighted by molar-refractivity contribution is 0.153. The summed E-state index contributed by atoms with van der Waals surface area (Å²) in [5.74, 6) is 0.542. The number of halogens is 2. The third-order valence-electron chi connectivity index (χ3n) is 2.94. The van der Waals surface area contributed by atoms with E-state index in [2.05, 4.69) is 5.32 Å². The zero-order valence-electron chi connectivity index (χ0n) is 11.4. The van der Waals surface area contributed by atoms with Crippen molar-refractivity contribution in [1.82, 2.24) is 10.0 Å². The third kappa shape index (κ3) is 5.56. The normalized spacial score (nSPS) is 15.4. The van der Waals surface area contributed by atoms with Gasteiger partial charge in [-0.15, -0.1) is 0 Å². The van der Waals surface area contributed by atoms with E-state index in [1.54, 1.807) is 0 Å². The zero-order chi connectivity index (χ0) is 15.3. The molecule has 2 rings (SSSR count). The molecule has 0 aliphatic heterocycles. The molecular formula is C13H18F2N2O3S. The number of hydrogen-bond acceptors (Lipinski definition) is 4. The molecule has 0 spiro atoms. The van der Waals surface area contributed by atoms with Crippen molar-refractivity contribution in [2.45, 2.75) is 30.2 Å². The molecule has 5 nitrogen and oxygen atoms in total. The number of rotatable bonds is 9. The predicted molar refractivity (Wildman–Crippen MR) is 74.2 cm³/mol. The van der Waals surface area contributed by atoms with Gasteiger partial charge in [-0.25, -0.2) is 21.9 Å². The van der Waals surface area contributed by atoms with Crippen LogP contribution in [0.2, 0.25) is 0 Å². The van der Waals surface area contributed by atoms with Crippen LogP contribution in [0.3, 0.4) is 0 Å². The smallest absolute Gasteiger partial charge is 0.251 e. The molecular weight excluding hydrogens is 302 g/mol. The predicted octanol–water partition coefficient (Wildman–Crippen LogP) is 1.36. The van der Waals surface area contributed by atoms with Gasteiger partial charge >= 0.3 is 0 Å². The fourth-order valence-electron chi connectivity index (χ4n) is 1.69. The minimum absolute atomic E-state index is 0.0633. The van der Waals surface area contributed by atoms with Crippen LogP contribution >= 0.6 is 0 Å². The highest BCUT2D eigenvalue weighted by Crippen LogP contribution is 2.18. The average Bonchev–Trinajstić information content (AvgIpc) is 3.26. The molecule has 0 atom stereocenters. The number of benzene rings is 1. The molecule has 1 fully saturated rings. The Balaban J connectivity index is 1.82. The Hall–Kier alpha value is -1.25. The zero-order valence-corrected chi connectivity index (χ0v) is 12.2. The number of hydrogen-bond donors (Lipinski definition) is 2. The van der Waals surface area contributed by atoms with Gasteiger partial charge in [0.1, 0.15) is 12.4 Å². The molecule has 21 heavy (non-hydrogen) atoms. The molecule has 0 amide bonds. The van der Waals surface area contributed by atoms with Crippen LogP contribution in [0.5, 0.6) is 5.75 Å². The quantitative estimate of drug-likeness (QED) is 0.674. The molecule has 0 unspecified atom stereocenters. The Morgan fingerprint density at radius 3 is 2.48 bits per heavy atom. The monoisotopic (exact) mass is 320 g/mol. The molecule has 1 aliphatic rings. The summed E-state index contributed by atoms with van der Waals surface area (Å²) in [5, 5.41) is 3.29. The van der Waals surface area contributed by atoms with E-state index >= 15 is 0 Å². The highest BCUT2D eigenvalue weighted by molar-refractivity contribution is 7.89. The fourth-order valence-corrected chi connectivity index (χ4v) is 2.70. The maximum atomic E-state index is 12.0. The first kappa shape index (κ1) is 16.1. The Bertz CT molecular complexity index is 545.